The van der Waals surface area contributed by atoms with E-state index in [0.717, 1.165) is 0 Å². The molecule has 0 aromatic carbocycles. The van der Waals surface area contributed by atoms with Crippen molar-refractivity contribution in [3.8, 4) is 0 Å². The summed E-state index contributed by atoms with van der Waals surface area (Å²) < 4.78 is 35.5. The van der Waals surface area contributed by atoms with Crippen LogP contribution in [0.5, 0.6) is 0 Å². The van der Waals surface area contributed by atoms with Crippen LogP contribution >= 0.6 is 0 Å². The first-order valence-electron chi connectivity index (χ1n) is 5.73. The Morgan fingerprint density at radius 3 is 2.67 bits per heavy atom. The zero-order valence-electron chi connectivity index (χ0n) is 9.77. The number of carbonyl (C=O) groups is 2. The quantitative estimate of drug-likeness (QED) is 0.610. The molecule has 18 heavy (non-hydrogen) atoms. The van der Waals surface area contributed by atoms with Gasteiger partial charge in [0.1, 0.15) is 6.04 Å². The fraction of sp³-hybridized carbons (Fsp3) is 0.800. The van der Waals surface area contributed by atoms with Gasteiger partial charge in [-0.3, -0.25) is 14.9 Å². The molecule has 1 rings (SSSR count). The number of hydrogen-bond acceptors (Lipinski definition) is 3. The van der Waals surface area contributed by atoms with E-state index in [0.29, 0.717) is 0 Å². The van der Waals surface area contributed by atoms with Crippen molar-refractivity contribution in [2.24, 2.45) is 0 Å². The standard InChI is InChI=1S/C10H16F3N3O2/c11-10(12,13)3-1-2-4-14-9(18)7-5-16-8(17)6-15-7/h7,15H,1-6H2,(H,14,18)(H,16,17). The highest BCUT2D eigenvalue weighted by Gasteiger charge is 2.26. The van der Waals surface area contributed by atoms with Gasteiger partial charge < -0.3 is 10.6 Å². The normalized spacial score (nSPS) is 20.4. The lowest BCUT2D eigenvalue weighted by molar-refractivity contribution is -0.135. The Bertz CT molecular complexity index is 297. The average Bonchev–Trinajstić information content (AvgIpc) is 2.27. The Labute approximate surface area is 102 Å². The first kappa shape index (κ1) is 14.7. The molecule has 1 aliphatic heterocycles. The van der Waals surface area contributed by atoms with Crippen molar-refractivity contribution in [1.82, 2.24) is 16.0 Å². The van der Waals surface area contributed by atoms with Crippen LogP contribution < -0.4 is 16.0 Å². The van der Waals surface area contributed by atoms with Crippen LogP contribution in [0.4, 0.5) is 13.2 Å². The molecular formula is C10H16F3N3O2. The van der Waals surface area contributed by atoms with Crippen LogP contribution in [0, 0.1) is 0 Å². The molecule has 0 aromatic heterocycles. The highest BCUT2D eigenvalue weighted by Crippen LogP contribution is 2.21. The molecular weight excluding hydrogens is 251 g/mol. The summed E-state index contributed by atoms with van der Waals surface area (Å²) in [6, 6.07) is -0.509. The first-order valence-corrected chi connectivity index (χ1v) is 5.73. The van der Waals surface area contributed by atoms with E-state index in [1.165, 1.54) is 0 Å². The molecule has 104 valence electrons. The highest BCUT2D eigenvalue weighted by atomic mass is 19.4. The zero-order chi connectivity index (χ0) is 13.6. The first-order chi connectivity index (χ1) is 8.38. The van der Waals surface area contributed by atoms with Crippen molar-refractivity contribution in [3.63, 3.8) is 0 Å². The third-order valence-electron chi connectivity index (χ3n) is 2.52. The van der Waals surface area contributed by atoms with Crippen molar-refractivity contribution in [2.75, 3.05) is 19.6 Å². The molecule has 1 fully saturated rings. The largest absolute Gasteiger partial charge is 0.389 e. The van der Waals surface area contributed by atoms with Crippen molar-refractivity contribution in [2.45, 2.75) is 31.5 Å². The second-order valence-corrected chi connectivity index (χ2v) is 4.10. The predicted octanol–water partition coefficient (Wildman–Crippen LogP) is -0.0768. The Morgan fingerprint density at radius 2 is 2.11 bits per heavy atom. The van der Waals surface area contributed by atoms with E-state index in [2.05, 4.69) is 16.0 Å². The lowest BCUT2D eigenvalue weighted by Gasteiger charge is -2.23. The van der Waals surface area contributed by atoms with Gasteiger partial charge in [0.25, 0.3) is 0 Å². The fourth-order valence-electron chi connectivity index (χ4n) is 1.54. The Balaban J connectivity index is 2.08. The van der Waals surface area contributed by atoms with Gasteiger partial charge in [0.2, 0.25) is 11.8 Å². The number of carbonyl (C=O) groups excluding carboxylic acids is 2. The maximum Gasteiger partial charge on any atom is 0.389 e. The lowest BCUT2D eigenvalue weighted by atomic mass is 10.2. The van der Waals surface area contributed by atoms with Gasteiger partial charge in [-0.05, 0) is 12.8 Å². The molecule has 1 atom stereocenters. The van der Waals surface area contributed by atoms with Crippen molar-refractivity contribution < 1.29 is 22.8 Å². The second-order valence-electron chi connectivity index (χ2n) is 4.10. The average molecular weight is 267 g/mol. The number of amides is 2. The van der Waals surface area contributed by atoms with Crippen LogP contribution in [0.25, 0.3) is 0 Å². The molecule has 3 N–H and O–H groups in total. The molecule has 1 heterocycles. The van der Waals surface area contributed by atoms with Gasteiger partial charge in [-0.15, -0.1) is 0 Å². The summed E-state index contributed by atoms with van der Waals surface area (Å²) in [5, 5.41) is 7.79. The van der Waals surface area contributed by atoms with Gasteiger partial charge in [0, 0.05) is 19.5 Å². The van der Waals surface area contributed by atoms with Crippen LogP contribution in [0.3, 0.4) is 0 Å². The number of nitrogens with one attached hydrogen (secondary N) is 3. The van der Waals surface area contributed by atoms with Crippen molar-refractivity contribution >= 4 is 11.8 Å². The number of halogens is 3. The molecule has 2 amide bonds. The Morgan fingerprint density at radius 1 is 1.39 bits per heavy atom. The van der Waals surface area contributed by atoms with Gasteiger partial charge >= 0.3 is 6.18 Å². The van der Waals surface area contributed by atoms with Crippen LogP contribution in [0.1, 0.15) is 19.3 Å². The Kier molecular flexibility index (Phi) is 5.39. The van der Waals surface area contributed by atoms with E-state index in [1.807, 2.05) is 0 Å². The monoisotopic (exact) mass is 267 g/mol. The molecule has 0 bridgehead atoms. The molecule has 5 nitrogen and oxygen atoms in total. The van der Waals surface area contributed by atoms with Gasteiger partial charge in [-0.1, -0.05) is 0 Å². The zero-order valence-corrected chi connectivity index (χ0v) is 9.77. The predicted molar refractivity (Wildman–Crippen MR) is 57.7 cm³/mol. The molecule has 8 heteroatoms. The minimum Gasteiger partial charge on any atom is -0.355 e. The molecule has 1 saturated heterocycles. The summed E-state index contributed by atoms with van der Waals surface area (Å²) in [4.78, 5) is 22.3. The van der Waals surface area contributed by atoms with Crippen molar-refractivity contribution in [3.05, 3.63) is 0 Å². The van der Waals surface area contributed by atoms with E-state index in [1.54, 1.807) is 0 Å². The van der Waals surface area contributed by atoms with Gasteiger partial charge in [0.05, 0.1) is 6.54 Å². The topological polar surface area (TPSA) is 70.2 Å². The minimum atomic E-state index is -4.14. The van der Waals surface area contributed by atoms with Gasteiger partial charge in [-0.2, -0.15) is 13.2 Å². The van der Waals surface area contributed by atoms with E-state index in [4.69, 9.17) is 0 Å². The maximum absolute atomic E-state index is 11.8. The molecule has 0 aromatic rings. The lowest BCUT2D eigenvalue weighted by Crippen LogP contribution is -2.58. The third-order valence-corrected chi connectivity index (χ3v) is 2.52. The van der Waals surface area contributed by atoms with E-state index >= 15 is 0 Å². The smallest absolute Gasteiger partial charge is 0.355 e. The van der Waals surface area contributed by atoms with Gasteiger partial charge in [0.15, 0.2) is 0 Å². The van der Waals surface area contributed by atoms with E-state index < -0.39 is 18.6 Å². The summed E-state index contributed by atoms with van der Waals surface area (Å²) in [6.07, 6.45) is -4.69. The molecule has 0 saturated carbocycles. The molecule has 0 aliphatic carbocycles. The number of hydrogen-bond donors (Lipinski definition) is 3. The van der Waals surface area contributed by atoms with Crippen molar-refractivity contribution in [1.29, 1.82) is 0 Å². The molecule has 1 aliphatic rings. The summed E-state index contributed by atoms with van der Waals surface area (Å²) >= 11 is 0. The number of piperazine rings is 1. The third kappa shape index (κ3) is 5.85. The molecule has 0 radical (unpaired) electrons. The maximum atomic E-state index is 11.8. The number of rotatable bonds is 5. The minimum absolute atomic E-state index is 0.00138. The van der Waals surface area contributed by atoms with Crippen LogP contribution in [0.15, 0.2) is 0 Å². The van der Waals surface area contributed by atoms with Crippen LogP contribution in [-0.4, -0.2) is 43.7 Å². The van der Waals surface area contributed by atoms with Crippen LogP contribution in [0.2, 0.25) is 0 Å². The Hall–Kier alpha value is -1.31. The van der Waals surface area contributed by atoms with Crippen LogP contribution in [-0.2, 0) is 9.59 Å². The summed E-state index contributed by atoms with van der Waals surface area (Å²) in [7, 11) is 0. The SMILES string of the molecule is O=C1CNC(C(=O)NCCCCC(F)(F)F)CN1. The summed E-state index contributed by atoms with van der Waals surface area (Å²) in [6.45, 7) is 0.487. The molecule has 0 spiro atoms. The number of unbranched alkanes of at least 4 members (excludes halogenated alkanes) is 1. The summed E-state index contributed by atoms with van der Waals surface area (Å²) in [5.41, 5.74) is 0. The fourth-order valence-corrected chi connectivity index (χ4v) is 1.54. The highest BCUT2D eigenvalue weighted by molar-refractivity contribution is 5.86. The molecule has 1 unspecified atom stereocenters. The second kappa shape index (κ2) is 6.58. The summed E-state index contributed by atoms with van der Waals surface area (Å²) in [5.74, 6) is -0.480. The number of alkyl halides is 3. The van der Waals surface area contributed by atoms with E-state index in [-0.39, 0.29) is 44.3 Å². The van der Waals surface area contributed by atoms with Gasteiger partial charge in [-0.25, -0.2) is 0 Å². The van der Waals surface area contributed by atoms with E-state index in [9.17, 15) is 22.8 Å².